The molecular formula is C6H7BrF3NO4. The summed E-state index contributed by atoms with van der Waals surface area (Å²) in [5.74, 6) is -3.85. The van der Waals surface area contributed by atoms with E-state index in [2.05, 4.69) is 25.7 Å². The topological polar surface area (TPSA) is 78.6 Å². The molecule has 15 heavy (non-hydrogen) atoms. The van der Waals surface area contributed by atoms with Crippen molar-refractivity contribution in [3.63, 3.8) is 0 Å². The van der Waals surface area contributed by atoms with Crippen molar-refractivity contribution in [2.75, 3.05) is 5.33 Å². The number of alkyl halides is 4. The van der Waals surface area contributed by atoms with Gasteiger partial charge in [-0.3, -0.25) is 0 Å². The average Bonchev–Trinajstić information content (AvgIpc) is 2.12. The van der Waals surface area contributed by atoms with Gasteiger partial charge >= 0.3 is 18.1 Å². The summed E-state index contributed by atoms with van der Waals surface area (Å²) in [6.07, 6.45) is -5.07. The van der Waals surface area contributed by atoms with E-state index >= 15 is 0 Å². The number of nitrogens with two attached hydrogens (primary N) is 1. The SMILES string of the molecule is N[C@@H](CCBr)C(=O)OOC(=O)C(F)(F)F. The van der Waals surface area contributed by atoms with Gasteiger partial charge in [-0.05, 0) is 6.42 Å². The number of carbonyl (C=O) groups is 2. The van der Waals surface area contributed by atoms with Crippen molar-refractivity contribution < 1.29 is 32.5 Å². The molecule has 2 N–H and O–H groups in total. The van der Waals surface area contributed by atoms with E-state index in [9.17, 15) is 22.8 Å². The molecule has 0 aromatic heterocycles. The van der Waals surface area contributed by atoms with Crippen LogP contribution in [0.2, 0.25) is 0 Å². The lowest BCUT2D eigenvalue weighted by molar-refractivity contribution is -0.286. The zero-order valence-corrected chi connectivity index (χ0v) is 8.80. The van der Waals surface area contributed by atoms with Crippen molar-refractivity contribution in [2.45, 2.75) is 18.6 Å². The van der Waals surface area contributed by atoms with Crippen LogP contribution >= 0.6 is 15.9 Å². The van der Waals surface area contributed by atoms with Crippen molar-refractivity contribution in [1.82, 2.24) is 0 Å². The summed E-state index contributed by atoms with van der Waals surface area (Å²) >= 11 is 2.95. The van der Waals surface area contributed by atoms with Gasteiger partial charge in [0.05, 0.1) is 0 Å². The zero-order chi connectivity index (χ0) is 12.1. The predicted octanol–water partition coefficient (Wildman–Crippen LogP) is 0.662. The zero-order valence-electron chi connectivity index (χ0n) is 7.21. The third-order valence-electron chi connectivity index (χ3n) is 1.15. The van der Waals surface area contributed by atoms with Gasteiger partial charge in [0.15, 0.2) is 0 Å². The monoisotopic (exact) mass is 293 g/mol. The Kier molecular flexibility index (Phi) is 5.58. The summed E-state index contributed by atoms with van der Waals surface area (Å²) in [5.41, 5.74) is 5.15. The van der Waals surface area contributed by atoms with Gasteiger partial charge in [0, 0.05) is 5.33 Å². The molecule has 0 fully saturated rings. The number of carbonyl (C=O) groups excluding carboxylic acids is 2. The molecule has 0 aromatic rings. The van der Waals surface area contributed by atoms with E-state index in [0.717, 1.165) is 0 Å². The first-order valence-corrected chi connectivity index (χ1v) is 4.72. The molecule has 1 atom stereocenters. The Hall–Kier alpha value is -0.830. The van der Waals surface area contributed by atoms with E-state index in [1.54, 1.807) is 0 Å². The fourth-order valence-electron chi connectivity index (χ4n) is 0.423. The quantitative estimate of drug-likeness (QED) is 0.470. The molecule has 0 aromatic carbocycles. The summed E-state index contributed by atoms with van der Waals surface area (Å²) in [7, 11) is 0. The van der Waals surface area contributed by atoms with E-state index in [4.69, 9.17) is 5.73 Å². The first-order chi connectivity index (χ1) is 6.79. The normalized spacial score (nSPS) is 13.1. The summed E-state index contributed by atoms with van der Waals surface area (Å²) < 4.78 is 34.6. The third-order valence-corrected chi connectivity index (χ3v) is 1.61. The van der Waals surface area contributed by atoms with Gasteiger partial charge in [-0.25, -0.2) is 19.4 Å². The molecule has 0 heterocycles. The van der Waals surface area contributed by atoms with Gasteiger partial charge in [0.1, 0.15) is 6.04 Å². The number of rotatable bonds is 3. The van der Waals surface area contributed by atoms with Crippen molar-refractivity contribution in [1.29, 1.82) is 0 Å². The van der Waals surface area contributed by atoms with Crippen LogP contribution in [0.4, 0.5) is 13.2 Å². The molecule has 5 nitrogen and oxygen atoms in total. The van der Waals surface area contributed by atoms with Crippen LogP contribution in [0.3, 0.4) is 0 Å². The Labute approximate surface area is 90.7 Å². The highest BCUT2D eigenvalue weighted by Gasteiger charge is 2.43. The maximum atomic E-state index is 11.5. The van der Waals surface area contributed by atoms with Crippen LogP contribution < -0.4 is 5.73 Å². The Balaban J connectivity index is 3.96. The minimum Gasteiger partial charge on any atom is -0.318 e. The minimum absolute atomic E-state index is 0.141. The van der Waals surface area contributed by atoms with E-state index in [1.165, 1.54) is 0 Å². The Morgan fingerprint density at radius 1 is 1.33 bits per heavy atom. The fourth-order valence-corrected chi connectivity index (χ4v) is 0.917. The van der Waals surface area contributed by atoms with E-state index in [-0.39, 0.29) is 6.42 Å². The van der Waals surface area contributed by atoms with Crippen LogP contribution in [0.1, 0.15) is 6.42 Å². The highest BCUT2D eigenvalue weighted by Crippen LogP contribution is 2.16. The first-order valence-electron chi connectivity index (χ1n) is 3.60. The highest BCUT2D eigenvalue weighted by molar-refractivity contribution is 9.09. The van der Waals surface area contributed by atoms with Gasteiger partial charge in [-0.2, -0.15) is 13.2 Å². The van der Waals surface area contributed by atoms with Gasteiger partial charge in [-0.1, -0.05) is 15.9 Å². The molecule has 0 aliphatic rings. The van der Waals surface area contributed by atoms with Gasteiger partial charge in [-0.15, -0.1) is 0 Å². The smallest absolute Gasteiger partial charge is 0.318 e. The Bertz CT molecular complexity index is 245. The summed E-state index contributed by atoms with van der Waals surface area (Å²) in [5, 5.41) is 0.358. The van der Waals surface area contributed by atoms with E-state index < -0.39 is 24.2 Å². The van der Waals surface area contributed by atoms with Gasteiger partial charge < -0.3 is 5.73 Å². The number of hydrogen-bond acceptors (Lipinski definition) is 5. The minimum atomic E-state index is -5.21. The molecule has 0 aliphatic heterocycles. The van der Waals surface area contributed by atoms with Gasteiger partial charge in [0.2, 0.25) is 0 Å². The second-order valence-electron chi connectivity index (χ2n) is 2.36. The standard InChI is InChI=1S/C6H7BrF3NO4/c7-2-1-3(11)4(12)14-15-5(13)6(8,9)10/h3H,1-2,11H2/t3-/m0/s1. The Morgan fingerprint density at radius 2 is 1.87 bits per heavy atom. The molecule has 0 radical (unpaired) electrons. The van der Waals surface area contributed by atoms with Crippen LogP contribution in [0.5, 0.6) is 0 Å². The molecule has 88 valence electrons. The lowest BCUT2D eigenvalue weighted by Crippen LogP contribution is -2.35. The van der Waals surface area contributed by atoms with Crippen LogP contribution in [0, 0.1) is 0 Å². The highest BCUT2D eigenvalue weighted by atomic mass is 79.9. The summed E-state index contributed by atoms with van der Waals surface area (Å²) in [6.45, 7) is 0. The average molecular weight is 294 g/mol. The van der Waals surface area contributed by atoms with Crippen LogP contribution in [0.15, 0.2) is 0 Å². The fraction of sp³-hybridized carbons (Fsp3) is 0.667. The third kappa shape index (κ3) is 5.57. The molecule has 0 rings (SSSR count). The van der Waals surface area contributed by atoms with Gasteiger partial charge in [0.25, 0.3) is 0 Å². The van der Waals surface area contributed by atoms with Crippen LogP contribution in [-0.4, -0.2) is 29.5 Å². The molecule has 0 saturated heterocycles. The Morgan fingerprint density at radius 3 is 2.27 bits per heavy atom. The molecule has 0 amide bonds. The maximum Gasteiger partial charge on any atom is 0.495 e. The second-order valence-corrected chi connectivity index (χ2v) is 3.15. The predicted molar refractivity (Wildman–Crippen MR) is 44.6 cm³/mol. The first kappa shape index (κ1) is 14.2. The molecule has 0 unspecified atom stereocenters. The second kappa shape index (κ2) is 5.91. The van der Waals surface area contributed by atoms with Crippen molar-refractivity contribution in [2.24, 2.45) is 5.73 Å². The maximum absolute atomic E-state index is 11.5. The molecule has 0 spiro atoms. The molecule has 0 aliphatic carbocycles. The van der Waals surface area contributed by atoms with Crippen molar-refractivity contribution in [3.8, 4) is 0 Å². The number of hydrogen-bond donors (Lipinski definition) is 1. The summed E-state index contributed by atoms with van der Waals surface area (Å²) in [6, 6.07) is -1.15. The van der Waals surface area contributed by atoms with E-state index in [0.29, 0.717) is 5.33 Å². The lowest BCUT2D eigenvalue weighted by Gasteiger charge is -2.08. The van der Waals surface area contributed by atoms with Crippen molar-refractivity contribution in [3.05, 3.63) is 0 Å². The summed E-state index contributed by atoms with van der Waals surface area (Å²) in [4.78, 5) is 27.6. The molecule has 0 saturated carbocycles. The lowest BCUT2D eigenvalue weighted by atomic mass is 10.2. The van der Waals surface area contributed by atoms with Crippen LogP contribution in [-0.2, 0) is 19.4 Å². The molecule has 9 heteroatoms. The van der Waals surface area contributed by atoms with Crippen molar-refractivity contribution >= 4 is 27.9 Å². The van der Waals surface area contributed by atoms with Crippen LogP contribution in [0.25, 0.3) is 0 Å². The largest absolute Gasteiger partial charge is 0.495 e. The molecule has 0 bridgehead atoms. The molecular weight excluding hydrogens is 287 g/mol. The number of halogens is 4. The van der Waals surface area contributed by atoms with E-state index in [1.807, 2.05) is 0 Å².